The number of hydrogen-bond donors (Lipinski definition) is 2. The lowest BCUT2D eigenvalue weighted by atomic mass is 10.2. The molecule has 0 radical (unpaired) electrons. The molecule has 0 atom stereocenters. The number of nitrogens with one attached hydrogen (secondary N) is 2. The second kappa shape index (κ2) is 6.51. The fourth-order valence-electron chi connectivity index (χ4n) is 1.69. The Bertz CT molecular complexity index is 636. The standard InChI is InChI=1S/C15H15N3O3/c1-16-14(19)10-3-6-12(7-4-10)18-15(20)11-5-8-13(21-2)17-9-11/h3-9H,1-2H3,(H,16,19)(H,18,20). The second-order valence-electron chi connectivity index (χ2n) is 4.20. The number of benzene rings is 1. The van der Waals surface area contributed by atoms with Crippen LogP contribution in [0.2, 0.25) is 0 Å². The Morgan fingerprint density at radius 1 is 1.00 bits per heavy atom. The number of aromatic nitrogens is 1. The molecule has 0 spiro atoms. The molecule has 1 aromatic carbocycles. The van der Waals surface area contributed by atoms with Crippen molar-refractivity contribution in [3.63, 3.8) is 0 Å². The molecular formula is C15H15N3O3. The highest BCUT2D eigenvalue weighted by molar-refractivity contribution is 6.04. The van der Waals surface area contributed by atoms with Crippen molar-refractivity contribution in [3.05, 3.63) is 53.7 Å². The van der Waals surface area contributed by atoms with E-state index < -0.39 is 0 Å². The lowest BCUT2D eigenvalue weighted by molar-refractivity contribution is 0.0962. The maximum Gasteiger partial charge on any atom is 0.257 e. The van der Waals surface area contributed by atoms with Gasteiger partial charge in [-0.25, -0.2) is 4.98 Å². The Kier molecular flexibility index (Phi) is 4.50. The van der Waals surface area contributed by atoms with Crippen LogP contribution in [-0.4, -0.2) is 31.0 Å². The lowest BCUT2D eigenvalue weighted by Gasteiger charge is -2.06. The molecule has 1 heterocycles. The third-order valence-electron chi connectivity index (χ3n) is 2.84. The predicted octanol–water partition coefficient (Wildman–Crippen LogP) is 1.70. The zero-order valence-electron chi connectivity index (χ0n) is 11.7. The summed E-state index contributed by atoms with van der Waals surface area (Å²) in [6.07, 6.45) is 1.44. The third-order valence-corrected chi connectivity index (χ3v) is 2.84. The molecule has 0 aliphatic carbocycles. The van der Waals surface area contributed by atoms with Crippen LogP contribution in [0.25, 0.3) is 0 Å². The molecule has 0 aliphatic rings. The van der Waals surface area contributed by atoms with Crippen LogP contribution in [-0.2, 0) is 0 Å². The van der Waals surface area contributed by atoms with E-state index in [1.54, 1.807) is 43.4 Å². The highest BCUT2D eigenvalue weighted by Crippen LogP contribution is 2.12. The first-order valence-electron chi connectivity index (χ1n) is 6.27. The summed E-state index contributed by atoms with van der Waals surface area (Å²) in [7, 11) is 3.07. The fourth-order valence-corrected chi connectivity index (χ4v) is 1.69. The third kappa shape index (κ3) is 3.56. The van der Waals surface area contributed by atoms with Gasteiger partial charge in [0.25, 0.3) is 11.8 Å². The summed E-state index contributed by atoms with van der Waals surface area (Å²) in [5, 5.41) is 5.26. The first kappa shape index (κ1) is 14.5. The molecule has 0 aliphatic heterocycles. The van der Waals surface area contributed by atoms with Crippen LogP contribution in [0.1, 0.15) is 20.7 Å². The van der Waals surface area contributed by atoms with Gasteiger partial charge in [0.05, 0.1) is 12.7 Å². The largest absolute Gasteiger partial charge is 0.481 e. The molecule has 0 saturated heterocycles. The Labute approximate surface area is 122 Å². The van der Waals surface area contributed by atoms with Gasteiger partial charge in [0, 0.05) is 30.6 Å². The Hall–Kier alpha value is -2.89. The molecule has 2 aromatic rings. The summed E-state index contributed by atoms with van der Waals surface area (Å²) < 4.78 is 4.93. The van der Waals surface area contributed by atoms with Crippen LogP contribution in [0, 0.1) is 0 Å². The van der Waals surface area contributed by atoms with Gasteiger partial charge in [0.2, 0.25) is 5.88 Å². The van der Waals surface area contributed by atoms with Crippen LogP contribution in [0.4, 0.5) is 5.69 Å². The minimum Gasteiger partial charge on any atom is -0.481 e. The maximum atomic E-state index is 12.0. The summed E-state index contributed by atoms with van der Waals surface area (Å²) in [5.74, 6) is -0.00782. The molecule has 6 nitrogen and oxygen atoms in total. The van der Waals surface area contributed by atoms with E-state index in [9.17, 15) is 9.59 Å². The number of carbonyl (C=O) groups excluding carboxylic acids is 2. The van der Waals surface area contributed by atoms with Crippen molar-refractivity contribution in [1.29, 1.82) is 0 Å². The molecule has 2 N–H and O–H groups in total. The van der Waals surface area contributed by atoms with E-state index in [1.807, 2.05) is 0 Å². The number of methoxy groups -OCH3 is 1. The monoisotopic (exact) mass is 285 g/mol. The van der Waals surface area contributed by atoms with Gasteiger partial charge >= 0.3 is 0 Å². The number of pyridine rings is 1. The zero-order valence-corrected chi connectivity index (χ0v) is 11.7. The van der Waals surface area contributed by atoms with E-state index in [-0.39, 0.29) is 11.8 Å². The number of anilines is 1. The minimum absolute atomic E-state index is 0.174. The molecule has 0 unspecified atom stereocenters. The van der Waals surface area contributed by atoms with Gasteiger partial charge in [-0.05, 0) is 30.3 Å². The normalized spacial score (nSPS) is 9.81. The number of nitrogens with zero attached hydrogens (tertiary/aromatic N) is 1. The summed E-state index contributed by atoms with van der Waals surface area (Å²) >= 11 is 0. The van der Waals surface area contributed by atoms with Crippen molar-refractivity contribution < 1.29 is 14.3 Å². The molecule has 21 heavy (non-hydrogen) atoms. The van der Waals surface area contributed by atoms with Gasteiger partial charge in [-0.15, -0.1) is 0 Å². The van der Waals surface area contributed by atoms with Crippen molar-refractivity contribution in [2.24, 2.45) is 0 Å². The molecular weight excluding hydrogens is 270 g/mol. The molecule has 0 bridgehead atoms. The van der Waals surface area contributed by atoms with Crippen LogP contribution in [0.3, 0.4) is 0 Å². The second-order valence-corrected chi connectivity index (χ2v) is 4.20. The summed E-state index contributed by atoms with van der Waals surface area (Å²) in [4.78, 5) is 27.4. The van der Waals surface area contributed by atoms with Crippen LogP contribution >= 0.6 is 0 Å². The Morgan fingerprint density at radius 2 is 1.67 bits per heavy atom. The molecule has 6 heteroatoms. The van der Waals surface area contributed by atoms with Crippen LogP contribution < -0.4 is 15.4 Å². The van der Waals surface area contributed by atoms with E-state index in [0.29, 0.717) is 22.7 Å². The van der Waals surface area contributed by atoms with Gasteiger partial charge in [0.1, 0.15) is 0 Å². The minimum atomic E-state index is -0.280. The Balaban J connectivity index is 2.06. The summed E-state index contributed by atoms with van der Waals surface area (Å²) in [6, 6.07) is 9.85. The highest BCUT2D eigenvalue weighted by atomic mass is 16.5. The average molecular weight is 285 g/mol. The molecule has 1 aromatic heterocycles. The number of ether oxygens (including phenoxy) is 1. The quantitative estimate of drug-likeness (QED) is 0.896. The van der Waals surface area contributed by atoms with E-state index in [4.69, 9.17) is 4.74 Å². The van der Waals surface area contributed by atoms with E-state index >= 15 is 0 Å². The van der Waals surface area contributed by atoms with Crippen molar-refractivity contribution in [2.45, 2.75) is 0 Å². The van der Waals surface area contributed by atoms with E-state index in [1.165, 1.54) is 13.3 Å². The first-order chi connectivity index (χ1) is 10.1. The average Bonchev–Trinajstić information content (AvgIpc) is 2.55. The van der Waals surface area contributed by atoms with Gasteiger partial charge in [-0.3, -0.25) is 9.59 Å². The number of rotatable bonds is 4. The SMILES string of the molecule is CNC(=O)c1ccc(NC(=O)c2ccc(OC)nc2)cc1. The zero-order chi connectivity index (χ0) is 15.2. The van der Waals surface area contributed by atoms with Crippen LogP contribution in [0.15, 0.2) is 42.6 Å². The number of hydrogen-bond acceptors (Lipinski definition) is 4. The highest BCUT2D eigenvalue weighted by Gasteiger charge is 2.08. The van der Waals surface area contributed by atoms with Crippen LogP contribution in [0.5, 0.6) is 5.88 Å². The van der Waals surface area contributed by atoms with Gasteiger partial charge in [0.15, 0.2) is 0 Å². The predicted molar refractivity (Wildman–Crippen MR) is 78.6 cm³/mol. The maximum absolute atomic E-state index is 12.0. The van der Waals surface area contributed by atoms with Crippen molar-refractivity contribution in [1.82, 2.24) is 10.3 Å². The molecule has 2 amide bonds. The molecule has 2 rings (SSSR count). The number of carbonyl (C=O) groups is 2. The summed E-state index contributed by atoms with van der Waals surface area (Å²) in [6.45, 7) is 0. The van der Waals surface area contributed by atoms with Gasteiger partial charge < -0.3 is 15.4 Å². The first-order valence-corrected chi connectivity index (χ1v) is 6.27. The fraction of sp³-hybridized carbons (Fsp3) is 0.133. The van der Waals surface area contributed by atoms with Gasteiger partial charge in [-0.1, -0.05) is 0 Å². The Morgan fingerprint density at radius 3 is 2.19 bits per heavy atom. The molecule has 0 fully saturated rings. The van der Waals surface area contributed by atoms with E-state index in [0.717, 1.165) is 0 Å². The topological polar surface area (TPSA) is 80.3 Å². The lowest BCUT2D eigenvalue weighted by Crippen LogP contribution is -2.17. The van der Waals surface area contributed by atoms with Crippen molar-refractivity contribution in [2.75, 3.05) is 19.5 Å². The summed E-state index contributed by atoms with van der Waals surface area (Å²) in [5.41, 5.74) is 1.55. The molecule has 0 saturated carbocycles. The number of amides is 2. The van der Waals surface area contributed by atoms with E-state index in [2.05, 4.69) is 15.6 Å². The van der Waals surface area contributed by atoms with Crippen molar-refractivity contribution in [3.8, 4) is 5.88 Å². The van der Waals surface area contributed by atoms with Crippen molar-refractivity contribution >= 4 is 17.5 Å². The molecule has 108 valence electrons. The van der Waals surface area contributed by atoms with Gasteiger partial charge in [-0.2, -0.15) is 0 Å². The smallest absolute Gasteiger partial charge is 0.257 e.